The molecule has 0 amide bonds. The SMILES string of the molecule is CCCC(F)C(=O)CC(=O)OC(C)C. The number of carbonyl (C=O) groups is 2. The summed E-state index contributed by atoms with van der Waals surface area (Å²) in [4.78, 5) is 22.0. The summed E-state index contributed by atoms with van der Waals surface area (Å²) in [5.41, 5.74) is 0. The van der Waals surface area contributed by atoms with Gasteiger partial charge in [0, 0.05) is 0 Å². The van der Waals surface area contributed by atoms with Crippen LogP contribution in [0.1, 0.15) is 40.0 Å². The Balaban J connectivity index is 3.87. The standard InChI is InChI=1S/C10H17FO3/c1-4-5-8(11)9(12)6-10(13)14-7(2)3/h7-8H,4-6H2,1-3H3. The van der Waals surface area contributed by atoms with Gasteiger partial charge in [-0.2, -0.15) is 0 Å². The molecular weight excluding hydrogens is 187 g/mol. The normalized spacial score (nSPS) is 12.6. The lowest BCUT2D eigenvalue weighted by molar-refractivity contribution is -0.150. The van der Waals surface area contributed by atoms with Crippen molar-refractivity contribution in [3.8, 4) is 0 Å². The van der Waals surface area contributed by atoms with Crippen molar-refractivity contribution in [3.05, 3.63) is 0 Å². The van der Waals surface area contributed by atoms with E-state index in [1.807, 2.05) is 0 Å². The molecule has 0 spiro atoms. The fourth-order valence-corrected chi connectivity index (χ4v) is 0.972. The van der Waals surface area contributed by atoms with Crippen molar-refractivity contribution < 1.29 is 18.7 Å². The first-order valence-corrected chi connectivity index (χ1v) is 4.83. The minimum atomic E-state index is -1.53. The number of esters is 1. The summed E-state index contributed by atoms with van der Waals surface area (Å²) in [7, 11) is 0. The van der Waals surface area contributed by atoms with Crippen LogP contribution >= 0.6 is 0 Å². The van der Waals surface area contributed by atoms with Crippen LogP contribution in [0.4, 0.5) is 4.39 Å². The lowest BCUT2D eigenvalue weighted by Crippen LogP contribution is -2.22. The van der Waals surface area contributed by atoms with Crippen molar-refractivity contribution in [2.45, 2.75) is 52.3 Å². The largest absolute Gasteiger partial charge is 0.463 e. The predicted molar refractivity (Wildman–Crippen MR) is 50.7 cm³/mol. The van der Waals surface area contributed by atoms with Gasteiger partial charge in [-0.05, 0) is 20.3 Å². The fraction of sp³-hybridized carbons (Fsp3) is 0.800. The maximum atomic E-state index is 12.9. The van der Waals surface area contributed by atoms with E-state index in [9.17, 15) is 14.0 Å². The molecule has 0 fully saturated rings. The summed E-state index contributed by atoms with van der Waals surface area (Å²) in [5.74, 6) is -1.33. The highest BCUT2D eigenvalue weighted by Crippen LogP contribution is 2.06. The van der Waals surface area contributed by atoms with Gasteiger partial charge >= 0.3 is 5.97 Å². The second-order valence-electron chi connectivity index (χ2n) is 3.44. The average molecular weight is 204 g/mol. The smallest absolute Gasteiger partial charge is 0.313 e. The van der Waals surface area contributed by atoms with Gasteiger partial charge in [0.1, 0.15) is 6.42 Å². The quantitative estimate of drug-likeness (QED) is 0.491. The van der Waals surface area contributed by atoms with Gasteiger partial charge in [-0.1, -0.05) is 13.3 Å². The molecule has 0 aromatic rings. The van der Waals surface area contributed by atoms with E-state index < -0.39 is 24.3 Å². The predicted octanol–water partition coefficient (Wildman–Crippen LogP) is 2.04. The van der Waals surface area contributed by atoms with Crippen LogP contribution in [-0.4, -0.2) is 24.0 Å². The first-order chi connectivity index (χ1) is 6.47. The number of carbonyl (C=O) groups excluding carboxylic acids is 2. The summed E-state index contributed by atoms with van der Waals surface area (Å²) in [6.07, 6.45) is -1.49. The highest BCUT2D eigenvalue weighted by atomic mass is 19.1. The van der Waals surface area contributed by atoms with E-state index in [0.29, 0.717) is 6.42 Å². The van der Waals surface area contributed by atoms with Crippen molar-refractivity contribution in [2.24, 2.45) is 0 Å². The Kier molecular flexibility index (Phi) is 6.08. The van der Waals surface area contributed by atoms with Crippen LogP contribution < -0.4 is 0 Å². The molecule has 0 aromatic carbocycles. The monoisotopic (exact) mass is 204 g/mol. The number of rotatable bonds is 6. The van der Waals surface area contributed by atoms with Gasteiger partial charge in [0.2, 0.25) is 0 Å². The Labute approximate surface area is 83.6 Å². The van der Waals surface area contributed by atoms with Crippen molar-refractivity contribution in [3.63, 3.8) is 0 Å². The molecule has 0 aromatic heterocycles. The molecule has 0 rings (SSSR count). The summed E-state index contributed by atoms with van der Waals surface area (Å²) in [5, 5.41) is 0. The van der Waals surface area contributed by atoms with E-state index in [-0.39, 0.29) is 12.5 Å². The van der Waals surface area contributed by atoms with Gasteiger partial charge < -0.3 is 4.74 Å². The molecule has 0 N–H and O–H groups in total. The first-order valence-electron chi connectivity index (χ1n) is 4.83. The molecule has 0 aliphatic heterocycles. The molecule has 3 nitrogen and oxygen atoms in total. The summed E-state index contributed by atoms with van der Waals surface area (Å²) >= 11 is 0. The molecule has 1 unspecified atom stereocenters. The van der Waals surface area contributed by atoms with E-state index in [2.05, 4.69) is 0 Å². The van der Waals surface area contributed by atoms with E-state index >= 15 is 0 Å². The molecule has 0 bridgehead atoms. The van der Waals surface area contributed by atoms with Gasteiger partial charge in [0.15, 0.2) is 12.0 Å². The molecule has 14 heavy (non-hydrogen) atoms. The lowest BCUT2D eigenvalue weighted by atomic mass is 10.1. The van der Waals surface area contributed by atoms with Crippen molar-refractivity contribution in [2.75, 3.05) is 0 Å². The molecule has 0 aliphatic rings. The van der Waals surface area contributed by atoms with E-state index in [1.54, 1.807) is 20.8 Å². The van der Waals surface area contributed by atoms with Gasteiger partial charge in [-0.15, -0.1) is 0 Å². The summed E-state index contributed by atoms with van der Waals surface area (Å²) < 4.78 is 17.7. The van der Waals surface area contributed by atoms with Crippen LogP contribution in [0.5, 0.6) is 0 Å². The van der Waals surface area contributed by atoms with Crippen molar-refractivity contribution in [1.82, 2.24) is 0 Å². The van der Waals surface area contributed by atoms with Gasteiger partial charge in [-0.3, -0.25) is 9.59 Å². The Morgan fingerprint density at radius 2 is 1.93 bits per heavy atom. The molecule has 0 radical (unpaired) electrons. The number of Topliss-reactive ketones (excluding diaryl/α,β-unsaturated/α-hetero) is 1. The van der Waals surface area contributed by atoms with Gasteiger partial charge in [0.05, 0.1) is 6.10 Å². The van der Waals surface area contributed by atoms with Crippen molar-refractivity contribution >= 4 is 11.8 Å². The number of halogens is 1. The third-order valence-electron chi connectivity index (χ3n) is 1.58. The number of hydrogen-bond acceptors (Lipinski definition) is 3. The molecular formula is C10H17FO3. The molecule has 0 saturated carbocycles. The first kappa shape index (κ1) is 13.1. The Morgan fingerprint density at radius 1 is 1.36 bits per heavy atom. The fourth-order valence-electron chi connectivity index (χ4n) is 0.972. The highest BCUT2D eigenvalue weighted by Gasteiger charge is 2.20. The molecule has 4 heteroatoms. The maximum absolute atomic E-state index is 12.9. The zero-order valence-corrected chi connectivity index (χ0v) is 8.88. The van der Waals surface area contributed by atoms with Crippen LogP contribution in [0.2, 0.25) is 0 Å². The maximum Gasteiger partial charge on any atom is 0.313 e. The van der Waals surface area contributed by atoms with E-state index in [4.69, 9.17) is 4.74 Å². The minimum Gasteiger partial charge on any atom is -0.463 e. The Bertz CT molecular complexity index is 202. The van der Waals surface area contributed by atoms with Crippen LogP contribution in [-0.2, 0) is 14.3 Å². The topological polar surface area (TPSA) is 43.4 Å². The zero-order chi connectivity index (χ0) is 11.1. The molecule has 82 valence electrons. The zero-order valence-electron chi connectivity index (χ0n) is 8.88. The van der Waals surface area contributed by atoms with Crippen LogP contribution in [0.15, 0.2) is 0 Å². The number of hydrogen-bond donors (Lipinski definition) is 0. The molecule has 1 atom stereocenters. The van der Waals surface area contributed by atoms with Crippen LogP contribution in [0.3, 0.4) is 0 Å². The third kappa shape index (κ3) is 5.67. The van der Waals surface area contributed by atoms with Gasteiger partial charge in [0.25, 0.3) is 0 Å². The van der Waals surface area contributed by atoms with Gasteiger partial charge in [-0.25, -0.2) is 4.39 Å². The summed E-state index contributed by atoms with van der Waals surface area (Å²) in [6, 6.07) is 0. The second-order valence-corrected chi connectivity index (χ2v) is 3.44. The average Bonchev–Trinajstić information content (AvgIpc) is 2.02. The summed E-state index contributed by atoms with van der Waals surface area (Å²) in [6.45, 7) is 5.15. The molecule has 0 aliphatic carbocycles. The molecule has 0 saturated heterocycles. The number of ether oxygens (including phenoxy) is 1. The minimum absolute atomic E-state index is 0.174. The number of ketones is 1. The third-order valence-corrected chi connectivity index (χ3v) is 1.58. The van der Waals surface area contributed by atoms with Crippen LogP contribution in [0.25, 0.3) is 0 Å². The van der Waals surface area contributed by atoms with Crippen LogP contribution in [0, 0.1) is 0 Å². The Morgan fingerprint density at radius 3 is 2.36 bits per heavy atom. The van der Waals surface area contributed by atoms with Crippen molar-refractivity contribution in [1.29, 1.82) is 0 Å². The lowest BCUT2D eigenvalue weighted by Gasteiger charge is -2.08. The number of alkyl halides is 1. The van der Waals surface area contributed by atoms with E-state index in [0.717, 1.165) is 0 Å². The van der Waals surface area contributed by atoms with E-state index in [1.165, 1.54) is 0 Å². The Hall–Kier alpha value is -0.930. The second kappa shape index (κ2) is 6.51. The highest BCUT2D eigenvalue weighted by molar-refractivity contribution is 5.97. The molecule has 0 heterocycles.